The van der Waals surface area contributed by atoms with E-state index in [1.54, 1.807) is 6.07 Å². The van der Waals surface area contributed by atoms with Crippen molar-refractivity contribution in [3.05, 3.63) is 131 Å². The van der Waals surface area contributed by atoms with E-state index in [1.807, 2.05) is 78.3 Å². The largest absolute Gasteiger partial charge is 0.337 e. The van der Waals surface area contributed by atoms with Crippen LogP contribution in [0.3, 0.4) is 0 Å². The molecule has 1 atom stereocenters. The second-order valence-corrected chi connectivity index (χ2v) is 10.2. The summed E-state index contributed by atoms with van der Waals surface area (Å²) < 4.78 is 17.5. The maximum atomic E-state index is 15.7. The summed E-state index contributed by atoms with van der Waals surface area (Å²) in [5.74, 6) is 1.59. The van der Waals surface area contributed by atoms with Crippen molar-refractivity contribution < 1.29 is 4.39 Å². The highest BCUT2D eigenvalue weighted by Crippen LogP contribution is 2.48. The lowest BCUT2D eigenvalue weighted by atomic mass is 9.93. The number of anilines is 2. The lowest BCUT2D eigenvalue weighted by molar-refractivity contribution is 0.597. The minimum Gasteiger partial charge on any atom is -0.337 e. The number of hydrogen-bond donors (Lipinski definition) is 1. The molecule has 0 unspecified atom stereocenters. The molecule has 1 aromatic heterocycles. The third-order valence-electron chi connectivity index (χ3n) is 7.48. The normalized spacial score (nSPS) is 15.5. The molecule has 0 radical (unpaired) electrons. The highest BCUT2D eigenvalue weighted by atomic mass is 19.1. The molecule has 7 heteroatoms. The fourth-order valence-electron chi connectivity index (χ4n) is 5.54. The van der Waals surface area contributed by atoms with Crippen molar-refractivity contribution in [2.24, 2.45) is 9.98 Å². The lowest BCUT2D eigenvalue weighted by Crippen LogP contribution is -2.46. The molecule has 1 N–H and O–H groups in total. The van der Waals surface area contributed by atoms with E-state index >= 15 is 4.39 Å². The van der Waals surface area contributed by atoms with Gasteiger partial charge in [0.05, 0.1) is 28.8 Å². The average Bonchev–Trinajstić information content (AvgIpc) is 3.31. The van der Waals surface area contributed by atoms with Crippen LogP contribution in [0.15, 0.2) is 107 Å². The SMILES string of the molecule is Cc1ccc(C)c(NC2=Nc3ccccc3N3C2=Nc2c(c(C)nn2-c2ccccc2)[C@H]3c2ccccc2F)c1. The first-order valence-corrected chi connectivity index (χ1v) is 13.3. The van der Waals surface area contributed by atoms with Crippen molar-refractivity contribution in [3.8, 4) is 5.69 Å². The maximum Gasteiger partial charge on any atom is 0.179 e. The summed E-state index contributed by atoms with van der Waals surface area (Å²) in [6, 6.07) is 30.6. The summed E-state index contributed by atoms with van der Waals surface area (Å²) >= 11 is 0. The molecule has 4 aromatic carbocycles. The molecule has 0 saturated heterocycles. The topological polar surface area (TPSA) is 57.8 Å². The molecule has 196 valence electrons. The zero-order chi connectivity index (χ0) is 27.4. The Bertz CT molecular complexity index is 1840. The first-order valence-electron chi connectivity index (χ1n) is 13.3. The van der Waals surface area contributed by atoms with Crippen molar-refractivity contribution in [2.75, 3.05) is 10.2 Å². The van der Waals surface area contributed by atoms with Gasteiger partial charge in [0.2, 0.25) is 0 Å². The Morgan fingerprint density at radius 3 is 2.38 bits per heavy atom. The number of aryl methyl sites for hydroxylation is 3. The van der Waals surface area contributed by atoms with E-state index < -0.39 is 6.04 Å². The van der Waals surface area contributed by atoms with E-state index in [0.29, 0.717) is 23.1 Å². The minimum absolute atomic E-state index is 0.282. The monoisotopic (exact) mass is 526 g/mol. The van der Waals surface area contributed by atoms with Crippen molar-refractivity contribution in [2.45, 2.75) is 26.8 Å². The number of nitrogens with one attached hydrogen (secondary N) is 1. The summed E-state index contributed by atoms with van der Waals surface area (Å²) in [5, 5.41) is 8.48. The summed E-state index contributed by atoms with van der Waals surface area (Å²) in [5.41, 5.74) is 7.90. The number of aromatic nitrogens is 2. The van der Waals surface area contributed by atoms with Crippen LogP contribution in [-0.2, 0) is 0 Å². The Balaban J connectivity index is 1.52. The van der Waals surface area contributed by atoms with Crippen LogP contribution >= 0.6 is 0 Å². The molecule has 40 heavy (non-hydrogen) atoms. The third kappa shape index (κ3) is 3.81. The molecule has 2 aliphatic rings. The van der Waals surface area contributed by atoms with Gasteiger partial charge in [0, 0.05) is 16.8 Å². The number of para-hydroxylation sites is 3. The van der Waals surface area contributed by atoms with Gasteiger partial charge in [0.25, 0.3) is 0 Å². The van der Waals surface area contributed by atoms with E-state index in [0.717, 1.165) is 45.1 Å². The van der Waals surface area contributed by atoms with Crippen LogP contribution in [0.2, 0.25) is 0 Å². The Morgan fingerprint density at radius 2 is 1.55 bits per heavy atom. The third-order valence-corrected chi connectivity index (χ3v) is 7.48. The second kappa shape index (κ2) is 9.31. The maximum absolute atomic E-state index is 15.7. The van der Waals surface area contributed by atoms with Gasteiger partial charge in [-0.1, -0.05) is 60.7 Å². The van der Waals surface area contributed by atoms with E-state index in [4.69, 9.17) is 15.1 Å². The first-order chi connectivity index (χ1) is 19.5. The fraction of sp³-hybridized carbons (Fsp3) is 0.121. The Labute approximate surface area is 232 Å². The predicted molar refractivity (Wildman–Crippen MR) is 159 cm³/mol. The molecule has 6 nitrogen and oxygen atoms in total. The first kappa shape index (κ1) is 24.0. The number of nitrogens with zero attached hydrogens (tertiary/aromatic N) is 5. The van der Waals surface area contributed by atoms with Gasteiger partial charge in [-0.3, -0.25) is 0 Å². The van der Waals surface area contributed by atoms with E-state index in [1.165, 1.54) is 6.07 Å². The fourth-order valence-corrected chi connectivity index (χ4v) is 5.54. The van der Waals surface area contributed by atoms with Crippen LogP contribution < -0.4 is 10.2 Å². The highest BCUT2D eigenvalue weighted by Gasteiger charge is 2.42. The summed E-state index contributed by atoms with van der Waals surface area (Å²) in [6.45, 7) is 6.09. The van der Waals surface area contributed by atoms with Gasteiger partial charge in [-0.15, -0.1) is 0 Å². The number of fused-ring (bicyclic) bond motifs is 4. The smallest absolute Gasteiger partial charge is 0.179 e. The molecule has 0 bridgehead atoms. The average molecular weight is 527 g/mol. The molecular formula is C33H27FN6. The molecule has 0 amide bonds. The molecule has 3 heterocycles. The molecule has 0 aliphatic carbocycles. The number of rotatable bonds is 3. The summed E-state index contributed by atoms with van der Waals surface area (Å²) in [6.07, 6.45) is 0. The number of amidine groups is 2. The van der Waals surface area contributed by atoms with Gasteiger partial charge in [-0.2, -0.15) is 5.10 Å². The second-order valence-electron chi connectivity index (χ2n) is 10.2. The Kier molecular flexibility index (Phi) is 5.59. The van der Waals surface area contributed by atoms with Crippen molar-refractivity contribution in [1.29, 1.82) is 0 Å². The van der Waals surface area contributed by atoms with Crippen molar-refractivity contribution >= 4 is 34.6 Å². The van der Waals surface area contributed by atoms with Crippen LogP contribution in [0.25, 0.3) is 5.69 Å². The predicted octanol–water partition coefficient (Wildman–Crippen LogP) is 7.73. The molecule has 5 aromatic rings. The highest BCUT2D eigenvalue weighted by molar-refractivity contribution is 6.51. The number of halogens is 1. The van der Waals surface area contributed by atoms with Crippen LogP contribution in [-0.4, -0.2) is 21.5 Å². The van der Waals surface area contributed by atoms with Gasteiger partial charge in [-0.05, 0) is 68.3 Å². The Morgan fingerprint density at radius 1 is 0.800 bits per heavy atom. The van der Waals surface area contributed by atoms with Gasteiger partial charge in [0.1, 0.15) is 5.82 Å². The van der Waals surface area contributed by atoms with Crippen LogP contribution in [0.1, 0.15) is 34.0 Å². The number of benzene rings is 4. The van der Waals surface area contributed by atoms with Crippen molar-refractivity contribution in [3.63, 3.8) is 0 Å². The van der Waals surface area contributed by atoms with Gasteiger partial charge in [-0.25, -0.2) is 19.1 Å². The minimum atomic E-state index is -0.506. The number of aliphatic imine (C=N–C) groups is 2. The molecular weight excluding hydrogens is 499 g/mol. The summed E-state index contributed by atoms with van der Waals surface area (Å²) in [7, 11) is 0. The number of hydrogen-bond acceptors (Lipinski definition) is 5. The summed E-state index contributed by atoms with van der Waals surface area (Å²) in [4.78, 5) is 12.4. The molecule has 0 spiro atoms. The van der Waals surface area contributed by atoms with Crippen LogP contribution in [0.5, 0.6) is 0 Å². The quantitative estimate of drug-likeness (QED) is 0.262. The van der Waals surface area contributed by atoms with Gasteiger partial charge >= 0.3 is 0 Å². The zero-order valence-corrected chi connectivity index (χ0v) is 22.4. The van der Waals surface area contributed by atoms with E-state index in [-0.39, 0.29) is 5.82 Å². The van der Waals surface area contributed by atoms with Gasteiger partial charge < -0.3 is 10.2 Å². The molecule has 2 aliphatic heterocycles. The van der Waals surface area contributed by atoms with Crippen molar-refractivity contribution in [1.82, 2.24) is 9.78 Å². The van der Waals surface area contributed by atoms with Gasteiger partial charge in [0.15, 0.2) is 17.5 Å². The molecule has 0 fully saturated rings. The standard InChI is InChI=1S/C33H27FN6/c1-20-17-18-21(2)27(19-20)36-31-33-37-32-29(22(3)38-40(32)23-11-5-4-6-12-23)30(24-13-7-8-14-25(24)34)39(33)28-16-10-9-15-26(28)35-31/h4-19,30H,1-3H3,(H,35,36)/t30-/m1/s1. The van der Waals surface area contributed by atoms with E-state index in [2.05, 4.69) is 42.3 Å². The Hall–Kier alpha value is -5.04. The molecule has 7 rings (SSSR count). The van der Waals surface area contributed by atoms with Crippen LogP contribution in [0.4, 0.5) is 27.3 Å². The molecule has 0 saturated carbocycles. The van der Waals surface area contributed by atoms with E-state index in [9.17, 15) is 0 Å². The lowest BCUT2D eigenvalue weighted by Gasteiger charge is -2.40. The zero-order valence-electron chi connectivity index (χ0n) is 22.4. The van der Waals surface area contributed by atoms with Crippen LogP contribution in [0, 0.1) is 26.6 Å².